The molecule has 0 aromatic heterocycles. The Kier molecular flexibility index (Phi) is 5.29. The van der Waals surface area contributed by atoms with E-state index in [1.54, 1.807) is 27.7 Å². The molecule has 0 fully saturated rings. The van der Waals surface area contributed by atoms with Crippen molar-refractivity contribution >= 4 is 11.4 Å². The van der Waals surface area contributed by atoms with E-state index in [-0.39, 0.29) is 5.56 Å². The van der Waals surface area contributed by atoms with E-state index in [4.69, 9.17) is 0 Å². The van der Waals surface area contributed by atoms with Gasteiger partial charge in [-0.15, -0.1) is 4.72 Å². The smallest absolute Gasteiger partial charge is 0.266 e. The molecule has 0 bridgehead atoms. The van der Waals surface area contributed by atoms with Crippen LogP contribution in [0, 0.1) is 5.82 Å². The van der Waals surface area contributed by atoms with E-state index in [1.165, 1.54) is 12.1 Å². The molecular weight excluding hydrogens is 275 g/mol. The first-order valence-corrected chi connectivity index (χ1v) is 7.04. The summed E-state index contributed by atoms with van der Waals surface area (Å²) in [5, 5.41) is 0. The summed E-state index contributed by atoms with van der Waals surface area (Å²) in [5.41, 5.74) is -0.539. The largest absolute Gasteiger partial charge is 0.598 e. The van der Waals surface area contributed by atoms with E-state index in [9.17, 15) is 17.7 Å². The topological polar surface area (TPSA) is 35.1 Å². The van der Waals surface area contributed by atoms with Crippen molar-refractivity contribution < 1.29 is 17.7 Å². The van der Waals surface area contributed by atoms with Crippen LogP contribution in [0.2, 0.25) is 0 Å². The first-order valence-electron chi connectivity index (χ1n) is 5.89. The van der Waals surface area contributed by atoms with E-state index in [2.05, 4.69) is 4.72 Å². The van der Waals surface area contributed by atoms with E-state index in [0.29, 0.717) is 0 Å². The van der Waals surface area contributed by atoms with Crippen LogP contribution in [0.1, 0.15) is 51.3 Å². The molecule has 0 spiro atoms. The fourth-order valence-electron chi connectivity index (χ4n) is 1.47. The molecule has 0 radical (unpaired) electrons. The molecule has 0 amide bonds. The van der Waals surface area contributed by atoms with Gasteiger partial charge < -0.3 is 4.55 Å². The van der Waals surface area contributed by atoms with Crippen LogP contribution in [-0.4, -0.2) is 9.30 Å². The Labute approximate surface area is 114 Å². The lowest BCUT2D eigenvalue weighted by atomic mass is 10.0. The standard InChI is InChI=1S/C13H18F3NOS/c1-8(17-19(18)13(2,3)4)9-6-5-7-10(11(9)14)12(15)16/h5-8,12,17H,1-4H3. The highest BCUT2D eigenvalue weighted by Gasteiger charge is 2.29. The Morgan fingerprint density at radius 2 is 1.74 bits per heavy atom. The van der Waals surface area contributed by atoms with Crippen molar-refractivity contribution in [2.24, 2.45) is 0 Å². The van der Waals surface area contributed by atoms with Crippen LogP contribution in [0.5, 0.6) is 0 Å². The lowest BCUT2D eigenvalue weighted by molar-refractivity contribution is 0.146. The lowest BCUT2D eigenvalue weighted by Crippen LogP contribution is -2.40. The maximum Gasteiger partial charge on any atom is 0.266 e. The minimum absolute atomic E-state index is 0.0930. The quantitative estimate of drug-likeness (QED) is 0.855. The van der Waals surface area contributed by atoms with Gasteiger partial charge in [-0.05, 0) is 27.7 Å². The van der Waals surface area contributed by atoms with Gasteiger partial charge in [0.25, 0.3) is 6.43 Å². The molecule has 0 aliphatic heterocycles. The number of halogens is 3. The Bertz CT molecular complexity index is 434. The van der Waals surface area contributed by atoms with Crippen molar-refractivity contribution in [3.8, 4) is 0 Å². The van der Waals surface area contributed by atoms with E-state index in [0.717, 1.165) is 6.07 Å². The van der Waals surface area contributed by atoms with Gasteiger partial charge in [-0.2, -0.15) is 0 Å². The second kappa shape index (κ2) is 6.15. The maximum atomic E-state index is 13.9. The molecule has 108 valence electrons. The van der Waals surface area contributed by atoms with Crippen LogP contribution >= 0.6 is 0 Å². The molecule has 0 saturated carbocycles. The summed E-state index contributed by atoms with van der Waals surface area (Å²) in [4.78, 5) is 0. The predicted molar refractivity (Wildman–Crippen MR) is 70.8 cm³/mol. The molecule has 1 aromatic carbocycles. The Morgan fingerprint density at radius 3 is 2.21 bits per heavy atom. The maximum absolute atomic E-state index is 13.9. The number of nitrogens with one attached hydrogen (secondary N) is 1. The highest BCUT2D eigenvalue weighted by Crippen LogP contribution is 2.28. The van der Waals surface area contributed by atoms with Crippen LogP contribution in [-0.2, 0) is 11.4 Å². The molecule has 1 N–H and O–H groups in total. The molecule has 0 heterocycles. The van der Waals surface area contributed by atoms with Crippen LogP contribution in [0.3, 0.4) is 0 Å². The van der Waals surface area contributed by atoms with Crippen molar-refractivity contribution in [1.29, 1.82) is 0 Å². The minimum Gasteiger partial charge on any atom is -0.598 e. The fourth-order valence-corrected chi connectivity index (χ4v) is 2.27. The normalized spacial score (nSPS) is 15.6. The summed E-state index contributed by atoms with van der Waals surface area (Å²) in [6, 6.07) is 3.23. The third kappa shape index (κ3) is 4.12. The first-order chi connectivity index (χ1) is 8.64. The van der Waals surface area contributed by atoms with Gasteiger partial charge in [0.1, 0.15) is 10.6 Å². The zero-order valence-electron chi connectivity index (χ0n) is 11.3. The SMILES string of the molecule is CC(N[S+]([O-])C(C)(C)C)c1cccc(C(F)F)c1F. The van der Waals surface area contributed by atoms with Crippen molar-refractivity contribution in [3.05, 3.63) is 35.1 Å². The summed E-state index contributed by atoms with van der Waals surface area (Å²) in [7, 11) is 0. The molecule has 1 aromatic rings. The van der Waals surface area contributed by atoms with Crippen molar-refractivity contribution in [3.63, 3.8) is 0 Å². The Hall–Kier alpha value is -0.720. The zero-order chi connectivity index (χ0) is 14.8. The lowest BCUT2D eigenvalue weighted by Gasteiger charge is -2.26. The molecule has 2 nitrogen and oxygen atoms in total. The molecule has 6 heteroatoms. The van der Waals surface area contributed by atoms with Gasteiger partial charge >= 0.3 is 0 Å². The van der Waals surface area contributed by atoms with E-state index < -0.39 is 40.0 Å². The number of alkyl halides is 2. The molecule has 0 aliphatic carbocycles. The minimum atomic E-state index is -2.86. The molecule has 0 aliphatic rings. The monoisotopic (exact) mass is 293 g/mol. The molecule has 2 unspecified atom stereocenters. The Balaban J connectivity index is 2.95. The molecule has 19 heavy (non-hydrogen) atoms. The summed E-state index contributed by atoms with van der Waals surface area (Å²) in [5.74, 6) is -0.941. The second-order valence-corrected chi connectivity index (χ2v) is 7.27. The highest BCUT2D eigenvalue weighted by atomic mass is 32.2. The number of hydrogen-bond acceptors (Lipinski definition) is 2. The van der Waals surface area contributed by atoms with Gasteiger partial charge in [0.15, 0.2) is 0 Å². The van der Waals surface area contributed by atoms with Gasteiger partial charge in [-0.3, -0.25) is 0 Å². The molecular formula is C13H18F3NOS. The van der Waals surface area contributed by atoms with Crippen LogP contribution in [0.25, 0.3) is 0 Å². The molecule has 2 atom stereocenters. The fraction of sp³-hybridized carbons (Fsp3) is 0.538. The number of benzene rings is 1. The van der Waals surface area contributed by atoms with Crippen LogP contribution < -0.4 is 4.72 Å². The van der Waals surface area contributed by atoms with Gasteiger partial charge in [-0.25, -0.2) is 13.2 Å². The zero-order valence-corrected chi connectivity index (χ0v) is 12.2. The first kappa shape index (κ1) is 16.3. The summed E-state index contributed by atoms with van der Waals surface area (Å²) in [6.45, 7) is 6.91. The van der Waals surface area contributed by atoms with Crippen molar-refractivity contribution in [1.82, 2.24) is 4.72 Å². The summed E-state index contributed by atoms with van der Waals surface area (Å²) in [6.07, 6.45) is -2.86. The number of rotatable bonds is 4. The average molecular weight is 293 g/mol. The molecule has 0 saturated heterocycles. The third-order valence-corrected chi connectivity index (χ3v) is 4.28. The average Bonchev–Trinajstić information content (AvgIpc) is 2.27. The summed E-state index contributed by atoms with van der Waals surface area (Å²) >= 11 is -1.40. The Morgan fingerprint density at radius 1 is 1.21 bits per heavy atom. The van der Waals surface area contributed by atoms with Gasteiger partial charge in [0, 0.05) is 16.9 Å². The number of hydrogen-bond donors (Lipinski definition) is 1. The second-order valence-electron chi connectivity index (χ2n) is 5.27. The van der Waals surface area contributed by atoms with Gasteiger partial charge in [0.2, 0.25) is 0 Å². The van der Waals surface area contributed by atoms with Crippen LogP contribution in [0.4, 0.5) is 13.2 Å². The highest BCUT2D eigenvalue weighted by molar-refractivity contribution is 7.90. The van der Waals surface area contributed by atoms with Crippen molar-refractivity contribution in [2.45, 2.75) is 44.9 Å². The van der Waals surface area contributed by atoms with E-state index >= 15 is 0 Å². The molecule has 1 rings (SSSR count). The third-order valence-electron chi connectivity index (χ3n) is 2.60. The van der Waals surface area contributed by atoms with E-state index in [1.807, 2.05) is 0 Å². The van der Waals surface area contributed by atoms with Gasteiger partial charge in [-0.1, -0.05) is 18.2 Å². The summed E-state index contributed by atoms with van der Waals surface area (Å²) < 4.78 is 53.2. The van der Waals surface area contributed by atoms with Crippen molar-refractivity contribution in [2.75, 3.05) is 0 Å². The van der Waals surface area contributed by atoms with Crippen LogP contribution in [0.15, 0.2) is 18.2 Å². The van der Waals surface area contributed by atoms with Gasteiger partial charge in [0.05, 0.1) is 11.6 Å². The predicted octanol–water partition coefficient (Wildman–Crippen LogP) is 3.88.